The number of hydrogen-bond acceptors (Lipinski definition) is 4. The van der Waals surface area contributed by atoms with Crippen molar-refractivity contribution < 1.29 is 9.53 Å². The van der Waals surface area contributed by atoms with Crippen molar-refractivity contribution in [1.82, 2.24) is 5.01 Å². The zero-order valence-corrected chi connectivity index (χ0v) is 12.8. The molecule has 2 aromatic rings. The Labute approximate surface area is 127 Å². The highest BCUT2D eigenvalue weighted by atomic mass is 32.1. The van der Waals surface area contributed by atoms with Crippen LogP contribution in [0.15, 0.2) is 46.9 Å². The number of benzene rings is 1. The number of nitrogens with zero attached hydrogens (tertiary/aromatic N) is 2. The van der Waals surface area contributed by atoms with Gasteiger partial charge in [0.05, 0.1) is 23.7 Å². The van der Waals surface area contributed by atoms with Crippen molar-refractivity contribution >= 4 is 23.0 Å². The van der Waals surface area contributed by atoms with Crippen molar-refractivity contribution in [3.8, 4) is 5.75 Å². The summed E-state index contributed by atoms with van der Waals surface area (Å²) in [6, 6.07) is 11.8. The summed E-state index contributed by atoms with van der Waals surface area (Å²) in [5, 5.41) is 8.11. The lowest BCUT2D eigenvalue weighted by molar-refractivity contribution is -0.130. The predicted molar refractivity (Wildman–Crippen MR) is 83.7 cm³/mol. The average molecular weight is 300 g/mol. The molecule has 0 unspecified atom stereocenters. The summed E-state index contributed by atoms with van der Waals surface area (Å²) >= 11 is 1.65. The molecule has 1 aromatic carbocycles. The molecule has 0 saturated carbocycles. The van der Waals surface area contributed by atoms with E-state index in [0.29, 0.717) is 0 Å². The Hall–Kier alpha value is -2.14. The number of carbonyl (C=O) groups is 1. The van der Waals surface area contributed by atoms with Gasteiger partial charge in [-0.05, 0) is 29.1 Å². The lowest BCUT2D eigenvalue weighted by atomic mass is 10.0. The zero-order valence-electron chi connectivity index (χ0n) is 11.9. The molecule has 1 aliphatic rings. The van der Waals surface area contributed by atoms with Gasteiger partial charge in [-0.25, -0.2) is 5.01 Å². The third kappa shape index (κ3) is 2.69. The summed E-state index contributed by atoms with van der Waals surface area (Å²) in [7, 11) is 1.64. The first kappa shape index (κ1) is 13.8. The number of carbonyl (C=O) groups excluding carboxylic acids is 1. The van der Waals surface area contributed by atoms with Crippen molar-refractivity contribution in [3.05, 3.63) is 52.2 Å². The molecule has 1 aromatic heterocycles. The molecule has 1 amide bonds. The van der Waals surface area contributed by atoms with E-state index in [1.165, 1.54) is 0 Å². The van der Waals surface area contributed by atoms with Gasteiger partial charge in [0, 0.05) is 13.3 Å². The van der Waals surface area contributed by atoms with E-state index in [4.69, 9.17) is 4.74 Å². The van der Waals surface area contributed by atoms with Gasteiger partial charge in [0.25, 0.3) is 0 Å². The maximum absolute atomic E-state index is 11.9. The monoisotopic (exact) mass is 300 g/mol. The molecule has 108 valence electrons. The van der Waals surface area contributed by atoms with Gasteiger partial charge in [-0.3, -0.25) is 4.79 Å². The minimum Gasteiger partial charge on any atom is -0.497 e. The Bertz CT molecular complexity index is 679. The Morgan fingerprint density at radius 2 is 2.24 bits per heavy atom. The van der Waals surface area contributed by atoms with E-state index in [2.05, 4.69) is 5.10 Å². The molecular formula is C16H16N2O2S. The van der Waals surface area contributed by atoms with Crippen LogP contribution in [0.2, 0.25) is 0 Å². The van der Waals surface area contributed by atoms with Gasteiger partial charge in [0.15, 0.2) is 0 Å². The molecule has 0 bridgehead atoms. The van der Waals surface area contributed by atoms with E-state index in [-0.39, 0.29) is 11.9 Å². The molecule has 0 aliphatic carbocycles. The van der Waals surface area contributed by atoms with Crippen LogP contribution in [-0.4, -0.2) is 23.7 Å². The Morgan fingerprint density at radius 1 is 1.38 bits per heavy atom. The number of hydrazone groups is 1. The second-order valence-electron chi connectivity index (χ2n) is 4.88. The first-order valence-corrected chi connectivity index (χ1v) is 7.62. The molecule has 4 nitrogen and oxygen atoms in total. The number of ether oxygens (including phenoxy) is 1. The highest BCUT2D eigenvalue weighted by molar-refractivity contribution is 7.12. The van der Waals surface area contributed by atoms with Crippen LogP contribution in [0.4, 0.5) is 0 Å². The van der Waals surface area contributed by atoms with Crippen molar-refractivity contribution in [3.63, 3.8) is 0 Å². The molecule has 0 radical (unpaired) electrons. The van der Waals surface area contributed by atoms with Crippen molar-refractivity contribution in [2.45, 2.75) is 19.4 Å². The fourth-order valence-corrected chi connectivity index (χ4v) is 3.22. The molecular weight excluding hydrogens is 284 g/mol. The summed E-state index contributed by atoms with van der Waals surface area (Å²) < 4.78 is 5.27. The second-order valence-corrected chi connectivity index (χ2v) is 5.83. The minimum absolute atomic E-state index is 0.0469. The molecule has 0 spiro atoms. The number of rotatable bonds is 3. The smallest absolute Gasteiger partial charge is 0.240 e. The Balaban J connectivity index is 1.93. The summed E-state index contributed by atoms with van der Waals surface area (Å²) in [4.78, 5) is 13.0. The van der Waals surface area contributed by atoms with Gasteiger partial charge in [-0.1, -0.05) is 18.2 Å². The average Bonchev–Trinajstić information content (AvgIpc) is 3.16. The van der Waals surface area contributed by atoms with Crippen molar-refractivity contribution in [1.29, 1.82) is 0 Å². The Morgan fingerprint density at radius 3 is 2.90 bits per heavy atom. The van der Waals surface area contributed by atoms with Crippen molar-refractivity contribution in [2.75, 3.05) is 7.11 Å². The first-order chi connectivity index (χ1) is 10.2. The quantitative estimate of drug-likeness (QED) is 0.871. The van der Waals surface area contributed by atoms with E-state index < -0.39 is 0 Å². The molecule has 2 heterocycles. The van der Waals surface area contributed by atoms with Gasteiger partial charge < -0.3 is 4.74 Å². The lowest BCUT2D eigenvalue weighted by Crippen LogP contribution is -2.24. The summed E-state index contributed by atoms with van der Waals surface area (Å²) in [6.07, 6.45) is 0.729. The number of methoxy groups -OCH3 is 1. The van der Waals surface area contributed by atoms with Crippen LogP contribution >= 0.6 is 11.3 Å². The molecule has 0 N–H and O–H groups in total. The van der Waals surface area contributed by atoms with Crippen molar-refractivity contribution in [2.24, 2.45) is 5.10 Å². The van der Waals surface area contributed by atoms with Crippen LogP contribution in [0, 0.1) is 0 Å². The van der Waals surface area contributed by atoms with Crippen LogP contribution in [0.25, 0.3) is 0 Å². The summed E-state index contributed by atoms with van der Waals surface area (Å²) in [6.45, 7) is 1.55. The van der Waals surface area contributed by atoms with E-state index >= 15 is 0 Å². The van der Waals surface area contributed by atoms with Gasteiger partial charge in [0.2, 0.25) is 5.91 Å². The van der Waals surface area contributed by atoms with E-state index in [1.807, 2.05) is 41.8 Å². The molecule has 3 rings (SSSR count). The number of amides is 1. The van der Waals surface area contributed by atoms with Crippen LogP contribution in [0.1, 0.15) is 29.8 Å². The van der Waals surface area contributed by atoms with Gasteiger partial charge in [-0.2, -0.15) is 5.10 Å². The largest absolute Gasteiger partial charge is 0.497 e. The third-order valence-corrected chi connectivity index (χ3v) is 4.44. The normalized spacial score (nSPS) is 17.7. The van der Waals surface area contributed by atoms with E-state index in [0.717, 1.165) is 28.3 Å². The predicted octanol–water partition coefficient (Wildman–Crippen LogP) is 3.45. The SMILES string of the molecule is COc1cccc([C@H]2CC(c3cccs3)=NN2C(C)=O)c1. The number of thiophene rings is 1. The second kappa shape index (κ2) is 5.69. The summed E-state index contributed by atoms with van der Waals surface area (Å²) in [5.74, 6) is 0.745. The van der Waals surface area contributed by atoms with Gasteiger partial charge in [-0.15, -0.1) is 11.3 Å². The molecule has 0 saturated heterocycles. The fourth-order valence-electron chi connectivity index (χ4n) is 2.50. The van der Waals surface area contributed by atoms with Crippen LogP contribution in [0.5, 0.6) is 5.75 Å². The third-order valence-electron chi connectivity index (χ3n) is 3.52. The van der Waals surface area contributed by atoms with E-state index in [1.54, 1.807) is 30.4 Å². The van der Waals surface area contributed by atoms with Crippen LogP contribution < -0.4 is 4.74 Å². The maximum atomic E-state index is 11.9. The summed E-state index contributed by atoms with van der Waals surface area (Å²) in [5.41, 5.74) is 2.01. The molecule has 1 aliphatic heterocycles. The standard InChI is InChI=1S/C16H16N2O2S/c1-11(19)18-15(12-5-3-6-13(9-12)20-2)10-14(17-18)16-7-4-8-21-16/h3-9,15H,10H2,1-2H3/t15-/m1/s1. The topological polar surface area (TPSA) is 41.9 Å². The zero-order chi connectivity index (χ0) is 14.8. The van der Waals surface area contributed by atoms with E-state index in [9.17, 15) is 4.79 Å². The fraction of sp³-hybridized carbons (Fsp3) is 0.250. The Kier molecular flexibility index (Phi) is 3.75. The number of hydrogen-bond donors (Lipinski definition) is 0. The van der Waals surface area contributed by atoms with Crippen LogP contribution in [-0.2, 0) is 4.79 Å². The lowest BCUT2D eigenvalue weighted by Gasteiger charge is -2.20. The molecule has 5 heteroatoms. The van der Waals surface area contributed by atoms with Crippen LogP contribution in [0.3, 0.4) is 0 Å². The minimum atomic E-state index is -0.0605. The molecule has 1 atom stereocenters. The molecule has 0 fully saturated rings. The van der Waals surface area contributed by atoms with Gasteiger partial charge >= 0.3 is 0 Å². The van der Waals surface area contributed by atoms with Gasteiger partial charge in [0.1, 0.15) is 5.75 Å². The molecule has 21 heavy (non-hydrogen) atoms. The highest BCUT2D eigenvalue weighted by Crippen LogP contribution is 2.34. The highest BCUT2D eigenvalue weighted by Gasteiger charge is 2.31. The maximum Gasteiger partial charge on any atom is 0.240 e. The first-order valence-electron chi connectivity index (χ1n) is 6.74.